The van der Waals surface area contributed by atoms with Gasteiger partial charge in [-0.1, -0.05) is 25.5 Å². The third kappa shape index (κ3) is 7.04. The molecule has 1 atom stereocenters. The zero-order valence-electron chi connectivity index (χ0n) is 14.9. The second-order valence-electron chi connectivity index (χ2n) is 6.44. The van der Waals surface area contributed by atoms with Crippen molar-refractivity contribution < 1.29 is 22.1 Å². The van der Waals surface area contributed by atoms with E-state index in [9.17, 15) is 13.2 Å². The molecule has 140 valence electrons. The summed E-state index contributed by atoms with van der Waals surface area (Å²) >= 11 is 0. The van der Waals surface area contributed by atoms with E-state index in [2.05, 4.69) is 6.92 Å². The Morgan fingerprint density at radius 1 is 1.32 bits per heavy atom. The Kier molecular flexibility index (Phi) is 7.25. The summed E-state index contributed by atoms with van der Waals surface area (Å²) in [6, 6.07) is 6.79. The van der Waals surface area contributed by atoms with Crippen molar-refractivity contribution in [1.82, 2.24) is 4.90 Å². The fraction of sp³-hybridized carbons (Fsp3) is 0.611. The highest BCUT2D eigenvalue weighted by molar-refractivity contribution is 7.86. The lowest BCUT2D eigenvalue weighted by Gasteiger charge is -2.26. The average molecular weight is 369 g/mol. The topological polar surface area (TPSA) is 72.9 Å². The first kappa shape index (κ1) is 19.7. The largest absolute Gasteiger partial charge is 0.383 e. The molecule has 1 saturated heterocycles. The predicted octanol–water partition coefficient (Wildman–Crippen LogP) is 2.72. The molecule has 6 nitrogen and oxygen atoms in total. The molecule has 0 spiro atoms. The second-order valence-corrected chi connectivity index (χ2v) is 8.02. The molecule has 1 aliphatic heterocycles. The Morgan fingerprint density at radius 3 is 2.60 bits per heavy atom. The van der Waals surface area contributed by atoms with Crippen molar-refractivity contribution in [2.24, 2.45) is 0 Å². The van der Waals surface area contributed by atoms with Gasteiger partial charge in [0.2, 0.25) is 5.91 Å². The van der Waals surface area contributed by atoms with Crippen LogP contribution in [0.5, 0.6) is 5.75 Å². The number of benzene rings is 1. The first-order valence-electron chi connectivity index (χ1n) is 8.75. The first-order valence-corrected chi connectivity index (χ1v) is 10.6. The van der Waals surface area contributed by atoms with Crippen molar-refractivity contribution >= 4 is 16.0 Å². The van der Waals surface area contributed by atoms with Crippen LogP contribution in [0, 0.1) is 0 Å². The number of carbonyl (C=O) groups is 1. The molecule has 1 heterocycles. The maximum absolute atomic E-state index is 12.5. The lowest BCUT2D eigenvalue weighted by molar-refractivity contribution is -0.133. The van der Waals surface area contributed by atoms with E-state index in [1.54, 1.807) is 24.3 Å². The van der Waals surface area contributed by atoms with Crippen LogP contribution < -0.4 is 4.18 Å². The minimum Gasteiger partial charge on any atom is -0.383 e. The molecule has 0 aliphatic carbocycles. The Hall–Kier alpha value is -1.60. The molecule has 7 heteroatoms. The van der Waals surface area contributed by atoms with Gasteiger partial charge in [0.15, 0.2) is 0 Å². The highest BCUT2D eigenvalue weighted by Crippen LogP contribution is 2.19. The third-order valence-corrected chi connectivity index (χ3v) is 4.58. The highest BCUT2D eigenvalue weighted by atomic mass is 32.2. The van der Waals surface area contributed by atoms with Crippen LogP contribution in [-0.2, 0) is 26.2 Å². The van der Waals surface area contributed by atoms with E-state index in [-0.39, 0.29) is 17.8 Å². The predicted molar refractivity (Wildman–Crippen MR) is 95.8 cm³/mol. The molecule has 0 unspecified atom stereocenters. The first-order chi connectivity index (χ1) is 11.9. The second kappa shape index (κ2) is 9.20. The van der Waals surface area contributed by atoms with Gasteiger partial charge in [0.25, 0.3) is 0 Å². The molecule has 0 bridgehead atoms. The van der Waals surface area contributed by atoms with Crippen LogP contribution in [0.2, 0.25) is 0 Å². The molecule has 0 N–H and O–H groups in total. The summed E-state index contributed by atoms with van der Waals surface area (Å²) in [7, 11) is -3.53. The zero-order chi connectivity index (χ0) is 18.3. The number of hydrogen-bond donors (Lipinski definition) is 0. The van der Waals surface area contributed by atoms with E-state index in [4.69, 9.17) is 8.92 Å². The van der Waals surface area contributed by atoms with E-state index in [0.29, 0.717) is 19.5 Å². The number of amides is 1. The van der Waals surface area contributed by atoms with Crippen LogP contribution >= 0.6 is 0 Å². The van der Waals surface area contributed by atoms with E-state index in [1.807, 2.05) is 4.90 Å². The van der Waals surface area contributed by atoms with Gasteiger partial charge in [0, 0.05) is 26.1 Å². The van der Waals surface area contributed by atoms with Gasteiger partial charge in [-0.3, -0.25) is 4.79 Å². The van der Waals surface area contributed by atoms with Crippen LogP contribution in [0.4, 0.5) is 0 Å². The Balaban J connectivity index is 2.02. The molecule has 0 aromatic heterocycles. The number of unbranched alkanes of at least 4 members (excludes halogenated alkanes) is 1. The van der Waals surface area contributed by atoms with E-state index in [1.165, 1.54) is 0 Å². The van der Waals surface area contributed by atoms with Gasteiger partial charge in [-0.05, 0) is 37.0 Å². The lowest BCUT2D eigenvalue weighted by Crippen LogP contribution is -2.36. The summed E-state index contributed by atoms with van der Waals surface area (Å²) in [5, 5.41) is 0. The molecule has 25 heavy (non-hydrogen) atoms. The molecule has 0 radical (unpaired) electrons. The van der Waals surface area contributed by atoms with E-state index >= 15 is 0 Å². The summed E-state index contributed by atoms with van der Waals surface area (Å²) in [6.45, 7) is 3.92. The third-order valence-electron chi connectivity index (χ3n) is 4.09. The maximum Gasteiger partial charge on any atom is 0.306 e. The minimum absolute atomic E-state index is 0.110. The molecular formula is C18H27NO5S. The number of nitrogens with zero attached hydrogens (tertiary/aromatic N) is 1. The van der Waals surface area contributed by atoms with Gasteiger partial charge in [-0.2, -0.15) is 8.42 Å². The zero-order valence-corrected chi connectivity index (χ0v) is 15.8. The molecule has 1 aromatic rings. The average Bonchev–Trinajstić information content (AvgIpc) is 3.05. The van der Waals surface area contributed by atoms with Crippen molar-refractivity contribution in [1.29, 1.82) is 0 Å². The molecule has 2 rings (SSSR count). The summed E-state index contributed by atoms with van der Waals surface area (Å²) < 4.78 is 32.8. The molecule has 1 fully saturated rings. The van der Waals surface area contributed by atoms with Gasteiger partial charge >= 0.3 is 10.1 Å². The summed E-state index contributed by atoms with van der Waals surface area (Å²) in [5.74, 6) is 0.406. The molecule has 1 aliphatic rings. The van der Waals surface area contributed by atoms with Crippen molar-refractivity contribution in [3.63, 3.8) is 0 Å². The Bertz CT molecular complexity index is 651. The standard InChI is InChI=1S/C18H27NO5S/c1-3-4-7-18(20)19(14-17-6-5-12-23-17)13-15-8-10-16(11-9-15)24-25(2,21)22/h8-11,17H,3-7,12-14H2,1-2H3/t17-/m1/s1. The van der Waals surface area contributed by atoms with Crippen LogP contribution in [0.3, 0.4) is 0 Å². The molecule has 1 amide bonds. The Labute approximate surface area is 150 Å². The highest BCUT2D eigenvalue weighted by Gasteiger charge is 2.22. The van der Waals surface area contributed by atoms with Crippen molar-refractivity contribution in [2.75, 3.05) is 19.4 Å². The summed E-state index contributed by atoms with van der Waals surface area (Å²) in [5.41, 5.74) is 0.934. The van der Waals surface area contributed by atoms with Gasteiger partial charge in [-0.15, -0.1) is 0 Å². The number of ether oxygens (including phenoxy) is 1. The van der Waals surface area contributed by atoms with Crippen molar-refractivity contribution in [3.8, 4) is 5.75 Å². The quantitative estimate of drug-likeness (QED) is 0.626. The van der Waals surface area contributed by atoms with E-state index < -0.39 is 10.1 Å². The normalized spacial score (nSPS) is 17.4. The SMILES string of the molecule is CCCCC(=O)N(Cc1ccc(OS(C)(=O)=O)cc1)C[C@H]1CCCO1. The number of rotatable bonds is 9. The minimum atomic E-state index is -3.53. The smallest absolute Gasteiger partial charge is 0.306 e. The summed E-state index contributed by atoms with van der Waals surface area (Å²) in [4.78, 5) is 14.4. The lowest BCUT2D eigenvalue weighted by atomic mass is 10.1. The molecule has 0 saturated carbocycles. The van der Waals surface area contributed by atoms with Gasteiger partial charge < -0.3 is 13.8 Å². The van der Waals surface area contributed by atoms with Crippen LogP contribution in [0.15, 0.2) is 24.3 Å². The fourth-order valence-electron chi connectivity index (χ4n) is 2.82. The van der Waals surface area contributed by atoms with E-state index in [0.717, 1.165) is 44.1 Å². The monoisotopic (exact) mass is 369 g/mol. The van der Waals surface area contributed by atoms with Crippen LogP contribution in [0.1, 0.15) is 44.6 Å². The van der Waals surface area contributed by atoms with Crippen molar-refractivity contribution in [3.05, 3.63) is 29.8 Å². The summed E-state index contributed by atoms with van der Waals surface area (Å²) in [6.07, 6.45) is 5.55. The van der Waals surface area contributed by atoms with Gasteiger partial charge in [0.1, 0.15) is 5.75 Å². The Morgan fingerprint density at radius 2 is 2.04 bits per heavy atom. The van der Waals surface area contributed by atoms with Gasteiger partial charge in [0.05, 0.1) is 12.4 Å². The van der Waals surface area contributed by atoms with Crippen LogP contribution in [-0.4, -0.2) is 44.7 Å². The molecule has 1 aromatic carbocycles. The van der Waals surface area contributed by atoms with Gasteiger partial charge in [-0.25, -0.2) is 0 Å². The number of carbonyl (C=O) groups excluding carboxylic acids is 1. The van der Waals surface area contributed by atoms with Crippen LogP contribution in [0.25, 0.3) is 0 Å². The fourth-order valence-corrected chi connectivity index (χ4v) is 3.28. The van der Waals surface area contributed by atoms with Crippen molar-refractivity contribution in [2.45, 2.75) is 51.7 Å². The number of hydrogen-bond acceptors (Lipinski definition) is 5. The molecular weight excluding hydrogens is 342 g/mol. The maximum atomic E-state index is 12.5.